The number of hydrogen-bond donors (Lipinski definition) is 4. The number of aromatic nitrogens is 6. The van der Waals surface area contributed by atoms with E-state index in [4.69, 9.17) is 9.47 Å². The topological polar surface area (TPSA) is 169 Å². The zero-order valence-electron chi connectivity index (χ0n) is 19.0. The van der Waals surface area contributed by atoms with E-state index in [9.17, 15) is 19.8 Å². The van der Waals surface area contributed by atoms with Gasteiger partial charge in [-0.15, -0.1) is 0 Å². The molecule has 1 fully saturated rings. The molecule has 184 valence electrons. The molecule has 34 heavy (non-hydrogen) atoms. The van der Waals surface area contributed by atoms with Crippen molar-refractivity contribution in [3.05, 3.63) is 35.4 Å². The summed E-state index contributed by atoms with van der Waals surface area (Å²) < 4.78 is 15.3. The van der Waals surface area contributed by atoms with Crippen molar-refractivity contribution in [1.82, 2.24) is 29.1 Å². The highest BCUT2D eigenvalue weighted by molar-refractivity contribution is 5.91. The van der Waals surface area contributed by atoms with E-state index in [1.165, 1.54) is 10.9 Å². The van der Waals surface area contributed by atoms with Crippen LogP contribution in [0.1, 0.15) is 32.9 Å². The number of imidazole rings is 2. The standard InChI is InChI=1S/C21H29N7O6/c1-12(2)18(31)25-21-24-17-14(19(32)26-21)23-11-28(17)20-16(15(30)13(9-29)34-20)33-8-4-3-6-27-7-5-22-10-27/h5,7,10-13,15-16,20,29-30H,3-4,6,8-9H2,1-2H3,(H2,24,25,26,31,32)/t13-,15-,16-,20-/m1/s1. The number of amides is 1. The van der Waals surface area contributed by atoms with Gasteiger partial charge in [-0.05, 0) is 12.8 Å². The maximum atomic E-state index is 12.5. The summed E-state index contributed by atoms with van der Waals surface area (Å²) in [6.07, 6.45) is 4.62. The number of carbonyl (C=O) groups excluding carboxylic acids is 1. The number of aliphatic hydroxyl groups is 2. The number of ether oxygens (including phenoxy) is 2. The Bertz CT molecular complexity index is 1160. The Labute approximate surface area is 194 Å². The first kappa shape index (κ1) is 24.0. The van der Waals surface area contributed by atoms with E-state index in [-0.39, 0.29) is 28.9 Å². The van der Waals surface area contributed by atoms with Crippen LogP contribution < -0.4 is 10.9 Å². The van der Waals surface area contributed by atoms with Crippen LogP contribution in [0, 0.1) is 5.92 Å². The monoisotopic (exact) mass is 475 g/mol. The van der Waals surface area contributed by atoms with Gasteiger partial charge in [0.2, 0.25) is 11.9 Å². The predicted octanol–water partition coefficient (Wildman–Crippen LogP) is 0.0268. The van der Waals surface area contributed by atoms with Crippen LogP contribution in [-0.2, 0) is 20.8 Å². The first-order valence-electron chi connectivity index (χ1n) is 11.2. The summed E-state index contributed by atoms with van der Waals surface area (Å²) in [6.45, 7) is 4.17. The van der Waals surface area contributed by atoms with Crippen LogP contribution in [0.2, 0.25) is 0 Å². The molecule has 3 aromatic rings. The largest absolute Gasteiger partial charge is 0.394 e. The number of anilines is 1. The van der Waals surface area contributed by atoms with Crippen LogP contribution in [0.4, 0.5) is 5.95 Å². The SMILES string of the molecule is CC(C)C(=O)Nc1nc2c(ncn2[C@@H]2O[C@H](CO)[C@@H](O)[C@H]2OCCCCn2ccnc2)c(=O)[nH]1. The average molecular weight is 476 g/mol. The van der Waals surface area contributed by atoms with E-state index in [2.05, 4.69) is 25.3 Å². The molecule has 4 rings (SSSR count). The van der Waals surface area contributed by atoms with Crippen molar-refractivity contribution in [3.63, 3.8) is 0 Å². The molecule has 13 nitrogen and oxygen atoms in total. The number of aliphatic hydroxyl groups excluding tert-OH is 2. The second-order valence-electron chi connectivity index (χ2n) is 8.46. The number of hydrogen-bond acceptors (Lipinski definition) is 9. The van der Waals surface area contributed by atoms with E-state index >= 15 is 0 Å². The second kappa shape index (κ2) is 10.4. The lowest BCUT2D eigenvalue weighted by molar-refractivity contribution is -0.118. The van der Waals surface area contributed by atoms with E-state index in [1.807, 2.05) is 10.8 Å². The van der Waals surface area contributed by atoms with Crippen molar-refractivity contribution in [2.24, 2.45) is 5.92 Å². The van der Waals surface area contributed by atoms with Gasteiger partial charge < -0.3 is 24.3 Å². The molecule has 1 aliphatic rings. The maximum absolute atomic E-state index is 12.5. The molecule has 1 amide bonds. The third-order valence-corrected chi connectivity index (χ3v) is 5.65. The molecule has 1 saturated heterocycles. The number of carbonyl (C=O) groups is 1. The summed E-state index contributed by atoms with van der Waals surface area (Å²) in [6, 6.07) is 0. The molecule has 0 unspecified atom stereocenters. The smallest absolute Gasteiger partial charge is 0.280 e. The molecule has 4 heterocycles. The minimum Gasteiger partial charge on any atom is -0.394 e. The first-order valence-corrected chi connectivity index (χ1v) is 11.2. The van der Waals surface area contributed by atoms with Crippen molar-refractivity contribution in [2.75, 3.05) is 18.5 Å². The summed E-state index contributed by atoms with van der Waals surface area (Å²) in [5.41, 5.74) is -0.323. The molecule has 4 N–H and O–H groups in total. The van der Waals surface area contributed by atoms with Gasteiger partial charge in [-0.25, -0.2) is 9.97 Å². The lowest BCUT2D eigenvalue weighted by Gasteiger charge is -2.22. The van der Waals surface area contributed by atoms with Crippen LogP contribution in [-0.4, -0.2) is 76.7 Å². The number of unbranched alkanes of at least 4 members (excludes halogenated alkanes) is 1. The third-order valence-electron chi connectivity index (χ3n) is 5.65. The summed E-state index contributed by atoms with van der Waals surface area (Å²) in [4.78, 5) is 39.5. The Balaban J connectivity index is 1.52. The molecule has 0 aliphatic carbocycles. The zero-order valence-corrected chi connectivity index (χ0v) is 19.0. The number of nitrogens with one attached hydrogen (secondary N) is 2. The van der Waals surface area contributed by atoms with Gasteiger partial charge in [0.1, 0.15) is 18.3 Å². The van der Waals surface area contributed by atoms with Gasteiger partial charge in [0.05, 0.1) is 19.3 Å². The van der Waals surface area contributed by atoms with Crippen molar-refractivity contribution < 1.29 is 24.5 Å². The molecule has 0 bridgehead atoms. The third kappa shape index (κ3) is 5.01. The van der Waals surface area contributed by atoms with E-state index in [0.717, 1.165) is 19.4 Å². The van der Waals surface area contributed by atoms with Crippen LogP contribution in [0.15, 0.2) is 29.8 Å². The van der Waals surface area contributed by atoms with Crippen molar-refractivity contribution in [2.45, 2.75) is 57.8 Å². The van der Waals surface area contributed by atoms with Gasteiger partial charge >= 0.3 is 0 Å². The normalized spacial score (nSPS) is 22.6. The minimum absolute atomic E-state index is 0.0211. The van der Waals surface area contributed by atoms with Crippen LogP contribution in [0.25, 0.3) is 11.2 Å². The van der Waals surface area contributed by atoms with Crippen LogP contribution >= 0.6 is 0 Å². The molecule has 0 aromatic carbocycles. The maximum Gasteiger partial charge on any atom is 0.280 e. The highest BCUT2D eigenvalue weighted by atomic mass is 16.6. The predicted molar refractivity (Wildman–Crippen MR) is 120 cm³/mol. The number of nitrogens with zero attached hydrogens (tertiary/aromatic N) is 5. The van der Waals surface area contributed by atoms with Crippen molar-refractivity contribution in [1.29, 1.82) is 0 Å². The number of aromatic amines is 1. The minimum atomic E-state index is -1.09. The Morgan fingerprint density at radius 1 is 1.35 bits per heavy atom. The number of rotatable bonds is 10. The number of aryl methyl sites for hydroxylation is 1. The lowest BCUT2D eigenvalue weighted by Crippen LogP contribution is -2.35. The molecule has 4 atom stereocenters. The molecular weight excluding hydrogens is 446 g/mol. The highest BCUT2D eigenvalue weighted by Crippen LogP contribution is 2.33. The van der Waals surface area contributed by atoms with Gasteiger partial charge in [-0.2, -0.15) is 4.98 Å². The summed E-state index contributed by atoms with van der Waals surface area (Å²) in [7, 11) is 0. The molecular formula is C21H29N7O6. The van der Waals surface area contributed by atoms with Crippen molar-refractivity contribution in [3.8, 4) is 0 Å². The summed E-state index contributed by atoms with van der Waals surface area (Å²) >= 11 is 0. The van der Waals surface area contributed by atoms with Gasteiger partial charge in [-0.1, -0.05) is 13.8 Å². The second-order valence-corrected chi connectivity index (χ2v) is 8.46. The quantitative estimate of drug-likeness (QED) is 0.295. The van der Waals surface area contributed by atoms with E-state index < -0.39 is 36.7 Å². The fourth-order valence-electron chi connectivity index (χ4n) is 3.74. The molecule has 0 saturated carbocycles. The Morgan fingerprint density at radius 3 is 2.88 bits per heavy atom. The van der Waals surface area contributed by atoms with Gasteiger partial charge in [0.15, 0.2) is 17.4 Å². The number of H-pyrrole nitrogens is 1. The fourth-order valence-corrected chi connectivity index (χ4v) is 3.74. The Morgan fingerprint density at radius 2 is 2.18 bits per heavy atom. The molecule has 13 heteroatoms. The van der Waals surface area contributed by atoms with E-state index in [0.29, 0.717) is 6.61 Å². The van der Waals surface area contributed by atoms with Gasteiger partial charge in [-0.3, -0.25) is 24.5 Å². The van der Waals surface area contributed by atoms with Gasteiger partial charge in [0.25, 0.3) is 5.56 Å². The van der Waals surface area contributed by atoms with Crippen LogP contribution in [0.5, 0.6) is 0 Å². The summed E-state index contributed by atoms with van der Waals surface area (Å²) in [5, 5.41) is 22.9. The number of fused-ring (bicyclic) bond motifs is 1. The zero-order chi connectivity index (χ0) is 24.2. The highest BCUT2D eigenvalue weighted by Gasteiger charge is 2.45. The van der Waals surface area contributed by atoms with Gasteiger partial charge in [0, 0.05) is 31.5 Å². The molecule has 0 spiro atoms. The van der Waals surface area contributed by atoms with E-state index in [1.54, 1.807) is 26.4 Å². The average Bonchev–Trinajstić information content (AvgIpc) is 3.53. The van der Waals surface area contributed by atoms with Crippen molar-refractivity contribution >= 4 is 23.0 Å². The lowest BCUT2D eigenvalue weighted by atomic mass is 10.1. The summed E-state index contributed by atoms with van der Waals surface area (Å²) in [5.74, 6) is -0.637. The molecule has 3 aromatic heterocycles. The first-order chi connectivity index (χ1) is 16.4. The fraction of sp³-hybridized carbons (Fsp3) is 0.571. The molecule has 0 radical (unpaired) electrons. The molecule has 1 aliphatic heterocycles. The Kier molecular flexibility index (Phi) is 7.36. The van der Waals surface area contributed by atoms with Crippen LogP contribution in [0.3, 0.4) is 0 Å². The Hall–Kier alpha value is -3.13.